The van der Waals surface area contributed by atoms with Crippen LogP contribution in [0.25, 0.3) is 0 Å². The fraction of sp³-hybridized carbons (Fsp3) is 0.407. The number of rotatable bonds is 4. The van der Waals surface area contributed by atoms with Crippen molar-refractivity contribution in [2.75, 3.05) is 13.1 Å². The van der Waals surface area contributed by atoms with Crippen LogP contribution in [0.4, 0.5) is 0 Å². The van der Waals surface area contributed by atoms with Crippen molar-refractivity contribution in [3.05, 3.63) is 82.4 Å². The average Bonchev–Trinajstić information content (AvgIpc) is 2.76. The molecule has 32 heavy (non-hydrogen) atoms. The predicted molar refractivity (Wildman–Crippen MR) is 131 cm³/mol. The van der Waals surface area contributed by atoms with Gasteiger partial charge in [0.05, 0.1) is 0 Å². The lowest BCUT2D eigenvalue weighted by Crippen LogP contribution is -2.40. The average molecular weight is 453 g/mol. The third-order valence-electron chi connectivity index (χ3n) is 5.79. The minimum atomic E-state index is -0.0287. The van der Waals surface area contributed by atoms with Crippen LogP contribution in [0.2, 0.25) is 5.02 Å². The Bertz CT molecular complexity index is 954. The van der Waals surface area contributed by atoms with Gasteiger partial charge in [-0.1, -0.05) is 67.9 Å². The van der Waals surface area contributed by atoms with E-state index in [0.29, 0.717) is 42.6 Å². The van der Waals surface area contributed by atoms with Gasteiger partial charge in [-0.05, 0) is 60.9 Å². The highest BCUT2D eigenvalue weighted by Gasteiger charge is 2.22. The standard InChI is InChI=1S/C27H33ClN2O2/c1-20(2)17-23-12-5-3-4-10-22-11-6-7-14-25(22)27(32)30(16-15-29-26(23)31)19-21-9-8-13-24(28)18-21/h3-4,6-9,11,13-14,18,20,23H,5,10,12,15-17,19H2,1-2H3,(H,29,31)/b4-3-. The molecule has 2 amide bonds. The summed E-state index contributed by atoms with van der Waals surface area (Å²) in [7, 11) is 0. The molecule has 0 aromatic heterocycles. The van der Waals surface area contributed by atoms with Gasteiger partial charge in [0.25, 0.3) is 5.91 Å². The van der Waals surface area contributed by atoms with Crippen molar-refractivity contribution in [2.24, 2.45) is 11.8 Å². The molecule has 4 nitrogen and oxygen atoms in total. The highest BCUT2D eigenvalue weighted by Crippen LogP contribution is 2.20. The second-order valence-electron chi connectivity index (χ2n) is 8.88. The zero-order valence-corrected chi connectivity index (χ0v) is 19.8. The summed E-state index contributed by atoms with van der Waals surface area (Å²) in [6.45, 7) is 5.61. The van der Waals surface area contributed by atoms with Crippen LogP contribution in [0.5, 0.6) is 0 Å². The minimum absolute atomic E-state index is 0.00745. The number of carbonyl (C=O) groups is 2. The molecule has 1 N–H and O–H groups in total. The summed E-state index contributed by atoms with van der Waals surface area (Å²) in [6, 6.07) is 15.4. The molecule has 0 radical (unpaired) electrons. The Kier molecular flexibility index (Phi) is 8.92. The van der Waals surface area contributed by atoms with Gasteiger partial charge in [0.15, 0.2) is 0 Å². The lowest BCUT2D eigenvalue weighted by Gasteiger charge is -2.25. The largest absolute Gasteiger partial charge is 0.354 e. The van der Waals surface area contributed by atoms with E-state index in [1.165, 1.54) is 0 Å². The third-order valence-corrected chi connectivity index (χ3v) is 6.03. The van der Waals surface area contributed by atoms with E-state index in [2.05, 4.69) is 31.3 Å². The van der Waals surface area contributed by atoms with Crippen LogP contribution in [-0.4, -0.2) is 29.8 Å². The minimum Gasteiger partial charge on any atom is -0.354 e. The number of allylic oxidation sites excluding steroid dienone is 2. The molecule has 2 aromatic carbocycles. The van der Waals surface area contributed by atoms with E-state index in [9.17, 15) is 9.59 Å². The molecule has 0 bridgehead atoms. The van der Waals surface area contributed by atoms with Crippen LogP contribution in [0.15, 0.2) is 60.7 Å². The maximum Gasteiger partial charge on any atom is 0.254 e. The van der Waals surface area contributed by atoms with Crippen LogP contribution < -0.4 is 5.32 Å². The summed E-state index contributed by atoms with van der Waals surface area (Å²) < 4.78 is 0. The fourth-order valence-corrected chi connectivity index (χ4v) is 4.41. The quantitative estimate of drug-likeness (QED) is 0.609. The predicted octanol–water partition coefficient (Wildman–Crippen LogP) is 5.65. The number of hydrogen-bond acceptors (Lipinski definition) is 2. The van der Waals surface area contributed by atoms with Crippen molar-refractivity contribution < 1.29 is 9.59 Å². The highest BCUT2D eigenvalue weighted by molar-refractivity contribution is 6.30. The van der Waals surface area contributed by atoms with Crippen molar-refractivity contribution in [2.45, 2.75) is 46.1 Å². The third kappa shape index (κ3) is 6.96. The molecule has 1 heterocycles. The van der Waals surface area contributed by atoms with E-state index < -0.39 is 0 Å². The van der Waals surface area contributed by atoms with Crippen LogP contribution in [0.3, 0.4) is 0 Å². The first-order valence-electron chi connectivity index (χ1n) is 11.5. The lowest BCUT2D eigenvalue weighted by molar-refractivity contribution is -0.125. The van der Waals surface area contributed by atoms with Crippen molar-refractivity contribution >= 4 is 23.4 Å². The summed E-state index contributed by atoms with van der Waals surface area (Å²) >= 11 is 6.17. The van der Waals surface area contributed by atoms with E-state index in [-0.39, 0.29) is 17.7 Å². The summed E-state index contributed by atoms with van der Waals surface area (Å²) in [4.78, 5) is 28.2. The Balaban J connectivity index is 1.87. The molecular formula is C27H33ClN2O2. The molecule has 170 valence electrons. The molecule has 5 heteroatoms. The number of fused-ring (bicyclic) bond motifs is 1. The molecule has 0 saturated carbocycles. The molecular weight excluding hydrogens is 420 g/mol. The van der Waals surface area contributed by atoms with Gasteiger partial charge in [0.1, 0.15) is 0 Å². The van der Waals surface area contributed by atoms with Crippen molar-refractivity contribution in [3.8, 4) is 0 Å². The Morgan fingerprint density at radius 2 is 1.91 bits per heavy atom. The first kappa shape index (κ1) is 24.1. The topological polar surface area (TPSA) is 49.4 Å². The molecule has 2 aromatic rings. The van der Waals surface area contributed by atoms with Crippen LogP contribution >= 0.6 is 11.6 Å². The summed E-state index contributed by atoms with van der Waals surface area (Å²) in [6.07, 6.45) is 7.53. The van der Waals surface area contributed by atoms with Gasteiger partial charge in [-0.15, -0.1) is 0 Å². The molecule has 0 spiro atoms. The number of amides is 2. The molecule has 1 unspecified atom stereocenters. The highest BCUT2D eigenvalue weighted by atomic mass is 35.5. The SMILES string of the molecule is CC(C)CC1CC/C=C\Cc2ccccc2C(=O)N(Cc2cccc(Cl)c2)CCNC1=O. The van der Waals surface area contributed by atoms with Crippen LogP contribution in [0.1, 0.15) is 54.6 Å². The van der Waals surface area contributed by atoms with Crippen LogP contribution in [0, 0.1) is 11.8 Å². The van der Waals surface area contributed by atoms with Crippen molar-refractivity contribution in [1.82, 2.24) is 10.2 Å². The van der Waals surface area contributed by atoms with E-state index in [4.69, 9.17) is 11.6 Å². The van der Waals surface area contributed by atoms with Gasteiger partial charge in [0.2, 0.25) is 5.91 Å². The maximum absolute atomic E-state index is 13.5. The first-order chi connectivity index (χ1) is 15.4. The molecule has 3 rings (SSSR count). The number of halogens is 1. The van der Waals surface area contributed by atoms with Gasteiger partial charge < -0.3 is 10.2 Å². The summed E-state index contributed by atoms with van der Waals surface area (Å²) in [5, 5.41) is 3.73. The van der Waals surface area contributed by atoms with Crippen molar-refractivity contribution in [3.63, 3.8) is 0 Å². The van der Waals surface area contributed by atoms with Crippen molar-refractivity contribution in [1.29, 1.82) is 0 Å². The Morgan fingerprint density at radius 3 is 2.69 bits per heavy atom. The molecule has 1 aliphatic rings. The van der Waals surface area contributed by atoms with E-state index in [0.717, 1.165) is 30.4 Å². The molecule has 0 saturated heterocycles. The summed E-state index contributed by atoms with van der Waals surface area (Å²) in [5.74, 6) is 0.507. The van der Waals surface area contributed by atoms with Gasteiger partial charge in [-0.25, -0.2) is 0 Å². The summed E-state index contributed by atoms with van der Waals surface area (Å²) in [5.41, 5.74) is 2.69. The van der Waals surface area contributed by atoms with Gasteiger partial charge in [-0.3, -0.25) is 9.59 Å². The number of benzene rings is 2. The molecule has 1 aliphatic heterocycles. The van der Waals surface area contributed by atoms with Gasteiger partial charge in [0, 0.05) is 36.1 Å². The zero-order valence-electron chi connectivity index (χ0n) is 19.0. The van der Waals surface area contributed by atoms with Gasteiger partial charge in [-0.2, -0.15) is 0 Å². The number of nitrogens with zero attached hydrogens (tertiary/aromatic N) is 1. The van der Waals surface area contributed by atoms with Gasteiger partial charge >= 0.3 is 0 Å². The second kappa shape index (κ2) is 11.9. The Labute approximate surface area is 196 Å². The van der Waals surface area contributed by atoms with E-state index in [1.54, 1.807) is 4.90 Å². The maximum atomic E-state index is 13.5. The Hall–Kier alpha value is -2.59. The first-order valence-corrected chi connectivity index (χ1v) is 11.9. The monoisotopic (exact) mass is 452 g/mol. The molecule has 1 atom stereocenters. The Morgan fingerprint density at radius 1 is 1.09 bits per heavy atom. The normalized spacial score (nSPS) is 19.2. The smallest absolute Gasteiger partial charge is 0.254 e. The lowest BCUT2D eigenvalue weighted by atomic mass is 9.91. The number of carbonyl (C=O) groups excluding carboxylic acids is 2. The van der Waals surface area contributed by atoms with E-state index in [1.807, 2.05) is 48.5 Å². The second-order valence-corrected chi connectivity index (χ2v) is 9.32. The fourth-order valence-electron chi connectivity index (χ4n) is 4.19. The number of nitrogens with one attached hydrogen (secondary N) is 1. The van der Waals surface area contributed by atoms with Crippen LogP contribution in [-0.2, 0) is 17.8 Å². The van der Waals surface area contributed by atoms with E-state index >= 15 is 0 Å². The molecule has 0 fully saturated rings. The zero-order chi connectivity index (χ0) is 22.9. The molecule has 0 aliphatic carbocycles. The number of hydrogen-bond donors (Lipinski definition) is 1.